The molecule has 2 aliphatic rings. The van der Waals surface area contributed by atoms with Gasteiger partial charge in [0.1, 0.15) is 36.9 Å². The number of rotatable bonds is 11. The van der Waals surface area contributed by atoms with Gasteiger partial charge in [0.2, 0.25) is 0 Å². The molecule has 2 atom stereocenters. The lowest BCUT2D eigenvalue weighted by atomic mass is 9.96. The molecule has 172 valence electrons. The fourth-order valence-electron chi connectivity index (χ4n) is 4.27. The molecule has 2 heterocycles. The fourth-order valence-corrected chi connectivity index (χ4v) is 4.27. The van der Waals surface area contributed by atoms with Gasteiger partial charge in [0, 0.05) is 12.8 Å². The molecule has 2 saturated heterocycles. The maximum absolute atomic E-state index is 6.21. The molecule has 3 aromatic rings. The summed E-state index contributed by atoms with van der Waals surface area (Å²) in [4.78, 5) is 0. The van der Waals surface area contributed by atoms with Crippen LogP contribution in [0.2, 0.25) is 0 Å². The predicted molar refractivity (Wildman–Crippen MR) is 130 cm³/mol. The van der Waals surface area contributed by atoms with Crippen molar-refractivity contribution in [3.8, 4) is 11.5 Å². The number of benzene rings is 3. The van der Waals surface area contributed by atoms with Crippen LogP contribution in [0.4, 0.5) is 0 Å². The summed E-state index contributed by atoms with van der Waals surface area (Å²) in [5.41, 5.74) is 7.44. The van der Waals surface area contributed by atoms with E-state index in [9.17, 15) is 0 Å². The first-order valence-corrected chi connectivity index (χ1v) is 12.0. The van der Waals surface area contributed by atoms with Crippen molar-refractivity contribution in [3.63, 3.8) is 0 Å². The second-order valence-corrected chi connectivity index (χ2v) is 9.03. The summed E-state index contributed by atoms with van der Waals surface area (Å²) in [7, 11) is 0. The van der Waals surface area contributed by atoms with Crippen LogP contribution in [0, 0.1) is 6.92 Å². The molecule has 0 radical (unpaired) electrons. The fraction of sp³-hybridized carbons (Fsp3) is 0.379. The molecule has 5 rings (SSSR count). The minimum atomic E-state index is 0.252. The molecule has 4 heteroatoms. The zero-order valence-corrected chi connectivity index (χ0v) is 19.5. The summed E-state index contributed by atoms with van der Waals surface area (Å²) < 4.78 is 23.0. The van der Waals surface area contributed by atoms with E-state index in [1.54, 1.807) is 0 Å². The number of para-hydroxylation sites is 2. The molecule has 0 aromatic heterocycles. The van der Waals surface area contributed by atoms with Gasteiger partial charge in [-0.1, -0.05) is 67.6 Å². The summed E-state index contributed by atoms with van der Waals surface area (Å²) in [5.74, 6) is 2.02. The minimum Gasteiger partial charge on any atom is -0.490 e. The Kier molecular flexibility index (Phi) is 6.65. The highest BCUT2D eigenvalue weighted by molar-refractivity contribution is 5.46. The number of epoxide rings is 2. The number of hydrogen-bond acceptors (Lipinski definition) is 4. The van der Waals surface area contributed by atoms with Crippen LogP contribution < -0.4 is 9.47 Å². The number of hydrogen-bond donors (Lipinski definition) is 0. The molecular formula is C29H32O4. The number of ether oxygens (including phenoxy) is 4. The summed E-state index contributed by atoms with van der Waals surface area (Å²) in [6.45, 7) is 7.16. The van der Waals surface area contributed by atoms with E-state index in [4.69, 9.17) is 18.9 Å². The Bertz CT molecular complexity index is 1100. The van der Waals surface area contributed by atoms with E-state index in [1.165, 1.54) is 33.4 Å². The Morgan fingerprint density at radius 3 is 1.85 bits per heavy atom. The van der Waals surface area contributed by atoms with Crippen LogP contribution >= 0.6 is 0 Å². The van der Waals surface area contributed by atoms with Crippen molar-refractivity contribution in [3.05, 3.63) is 94.0 Å². The van der Waals surface area contributed by atoms with Crippen LogP contribution in [-0.2, 0) is 28.7 Å². The normalized spacial score (nSPS) is 18.7. The molecule has 2 aliphatic heterocycles. The topological polar surface area (TPSA) is 43.5 Å². The molecule has 3 aromatic carbocycles. The lowest BCUT2D eigenvalue weighted by Crippen LogP contribution is -2.08. The Morgan fingerprint density at radius 1 is 0.727 bits per heavy atom. The van der Waals surface area contributed by atoms with E-state index in [0.717, 1.165) is 44.0 Å². The van der Waals surface area contributed by atoms with Gasteiger partial charge in [-0.15, -0.1) is 0 Å². The Hall–Kier alpha value is -2.82. The van der Waals surface area contributed by atoms with Gasteiger partial charge in [-0.2, -0.15) is 0 Å². The number of aryl methyl sites for hydroxylation is 2. The molecule has 0 saturated carbocycles. The molecule has 33 heavy (non-hydrogen) atoms. The SMILES string of the molecule is CCc1cccc(Cc2cccc(Cc3cccc(C)c3OCC3CO3)c2)c1OCC1CO1. The van der Waals surface area contributed by atoms with E-state index in [1.807, 2.05) is 0 Å². The third-order valence-corrected chi connectivity index (χ3v) is 6.26. The molecule has 4 nitrogen and oxygen atoms in total. The third kappa shape index (κ3) is 5.76. The van der Waals surface area contributed by atoms with Gasteiger partial charge >= 0.3 is 0 Å². The Labute approximate surface area is 196 Å². The second kappa shape index (κ2) is 9.98. The van der Waals surface area contributed by atoms with Crippen molar-refractivity contribution >= 4 is 0 Å². The summed E-state index contributed by atoms with van der Waals surface area (Å²) >= 11 is 0. The third-order valence-electron chi connectivity index (χ3n) is 6.26. The van der Waals surface area contributed by atoms with Crippen LogP contribution in [0.5, 0.6) is 11.5 Å². The van der Waals surface area contributed by atoms with E-state index < -0.39 is 0 Å². The van der Waals surface area contributed by atoms with Gasteiger partial charge in [0.05, 0.1) is 13.2 Å². The highest BCUT2D eigenvalue weighted by Crippen LogP contribution is 2.30. The smallest absolute Gasteiger partial charge is 0.126 e. The predicted octanol–water partition coefficient (Wildman–Crippen LogP) is 5.29. The largest absolute Gasteiger partial charge is 0.490 e. The molecule has 0 bridgehead atoms. The zero-order chi connectivity index (χ0) is 22.6. The average molecular weight is 445 g/mol. The first-order chi connectivity index (χ1) is 16.2. The van der Waals surface area contributed by atoms with Crippen molar-refractivity contribution in [2.24, 2.45) is 0 Å². The van der Waals surface area contributed by atoms with E-state index in [2.05, 4.69) is 74.5 Å². The highest BCUT2D eigenvalue weighted by Gasteiger charge is 2.25. The molecule has 2 unspecified atom stereocenters. The van der Waals surface area contributed by atoms with Crippen LogP contribution in [0.1, 0.15) is 40.3 Å². The van der Waals surface area contributed by atoms with Crippen molar-refractivity contribution < 1.29 is 18.9 Å². The Balaban J connectivity index is 1.34. The van der Waals surface area contributed by atoms with Gasteiger partial charge in [-0.3, -0.25) is 0 Å². The zero-order valence-electron chi connectivity index (χ0n) is 19.5. The van der Waals surface area contributed by atoms with Crippen molar-refractivity contribution in [2.45, 2.75) is 45.3 Å². The van der Waals surface area contributed by atoms with Gasteiger partial charge in [0.15, 0.2) is 0 Å². The first kappa shape index (κ1) is 22.0. The van der Waals surface area contributed by atoms with Crippen LogP contribution in [-0.4, -0.2) is 38.6 Å². The van der Waals surface area contributed by atoms with Gasteiger partial charge < -0.3 is 18.9 Å². The van der Waals surface area contributed by atoms with Crippen LogP contribution in [0.3, 0.4) is 0 Å². The first-order valence-electron chi connectivity index (χ1n) is 12.0. The lowest BCUT2D eigenvalue weighted by molar-refractivity contribution is 0.259. The molecule has 0 N–H and O–H groups in total. The van der Waals surface area contributed by atoms with Gasteiger partial charge in [-0.05, 0) is 46.7 Å². The van der Waals surface area contributed by atoms with Gasteiger partial charge in [-0.25, -0.2) is 0 Å². The van der Waals surface area contributed by atoms with Crippen molar-refractivity contribution in [2.75, 3.05) is 26.4 Å². The van der Waals surface area contributed by atoms with Crippen molar-refractivity contribution in [1.82, 2.24) is 0 Å². The molecule has 0 aliphatic carbocycles. The average Bonchev–Trinajstić information content (AvgIpc) is 3.73. The standard InChI is InChI=1S/C29H32O4/c1-3-23-10-6-12-25(29(23)33-19-27-17-31-27)15-22-9-5-8-21(13-22)14-24-11-4-7-20(2)28(24)32-18-26-16-30-26/h4-13,26-27H,3,14-19H2,1-2H3. The lowest BCUT2D eigenvalue weighted by Gasteiger charge is -2.16. The molecular weight excluding hydrogens is 412 g/mol. The quantitative estimate of drug-likeness (QED) is 0.377. The summed E-state index contributed by atoms with van der Waals surface area (Å²) in [6, 6.07) is 21.7. The molecule has 0 amide bonds. The molecule has 2 fully saturated rings. The maximum Gasteiger partial charge on any atom is 0.126 e. The van der Waals surface area contributed by atoms with E-state index >= 15 is 0 Å². The Morgan fingerprint density at radius 2 is 1.24 bits per heavy atom. The summed E-state index contributed by atoms with van der Waals surface area (Å²) in [6.07, 6.45) is 3.15. The molecule has 0 spiro atoms. The van der Waals surface area contributed by atoms with Crippen LogP contribution in [0.15, 0.2) is 60.7 Å². The van der Waals surface area contributed by atoms with Crippen LogP contribution in [0.25, 0.3) is 0 Å². The highest BCUT2D eigenvalue weighted by atomic mass is 16.6. The van der Waals surface area contributed by atoms with E-state index in [0.29, 0.717) is 13.2 Å². The maximum atomic E-state index is 6.21. The minimum absolute atomic E-state index is 0.252. The van der Waals surface area contributed by atoms with Crippen molar-refractivity contribution in [1.29, 1.82) is 0 Å². The summed E-state index contributed by atoms with van der Waals surface area (Å²) in [5, 5.41) is 0. The van der Waals surface area contributed by atoms with Gasteiger partial charge in [0.25, 0.3) is 0 Å². The second-order valence-electron chi connectivity index (χ2n) is 9.03. The monoisotopic (exact) mass is 444 g/mol. The van der Waals surface area contributed by atoms with E-state index in [-0.39, 0.29) is 12.2 Å².